The molecule has 0 spiro atoms. The van der Waals surface area contributed by atoms with Gasteiger partial charge < -0.3 is 15.0 Å². The Morgan fingerprint density at radius 2 is 2.12 bits per heavy atom. The van der Waals surface area contributed by atoms with E-state index in [0.29, 0.717) is 18.1 Å². The van der Waals surface area contributed by atoms with Crippen molar-refractivity contribution in [2.75, 3.05) is 25.0 Å². The molecule has 0 aromatic carbocycles. The lowest BCUT2D eigenvalue weighted by molar-refractivity contribution is -0.136. The maximum atomic E-state index is 12.6. The second kappa shape index (κ2) is 10.6. The largest absolute Gasteiger partial charge is 0.376 e. The number of carbonyl (C=O) groups is 2. The van der Waals surface area contributed by atoms with Crippen molar-refractivity contribution in [2.45, 2.75) is 71.8 Å². The Kier molecular flexibility index (Phi) is 8.51. The summed E-state index contributed by atoms with van der Waals surface area (Å²) in [6, 6.07) is 0. The molecule has 1 fully saturated rings. The normalized spacial score (nSPS) is 16.7. The fourth-order valence-electron chi connectivity index (χ4n) is 3.01. The van der Waals surface area contributed by atoms with Gasteiger partial charge in [0.15, 0.2) is 5.13 Å². The van der Waals surface area contributed by atoms with Crippen molar-refractivity contribution in [2.24, 2.45) is 0 Å². The van der Waals surface area contributed by atoms with Crippen molar-refractivity contribution in [3.8, 4) is 0 Å². The van der Waals surface area contributed by atoms with E-state index < -0.39 is 0 Å². The first-order chi connectivity index (χ1) is 12.5. The molecule has 2 amide bonds. The van der Waals surface area contributed by atoms with Gasteiger partial charge in [0.25, 0.3) is 0 Å². The fourth-order valence-corrected chi connectivity index (χ4v) is 3.84. The van der Waals surface area contributed by atoms with Crippen molar-refractivity contribution >= 4 is 28.3 Å². The highest BCUT2D eigenvalue weighted by Crippen LogP contribution is 2.21. The highest BCUT2D eigenvalue weighted by atomic mass is 32.1. The van der Waals surface area contributed by atoms with Crippen LogP contribution in [-0.2, 0) is 14.3 Å². The molecule has 2 heterocycles. The van der Waals surface area contributed by atoms with Crippen LogP contribution in [0.2, 0.25) is 0 Å². The maximum absolute atomic E-state index is 12.6. The first-order valence-corrected chi connectivity index (χ1v) is 10.4. The SMILES string of the molecule is CCCCCCC(=O)N(CC(=O)Nc1nc(C)c(C)s1)C[C@H]1CCCO1. The lowest BCUT2D eigenvalue weighted by atomic mass is 10.1. The number of aromatic nitrogens is 1. The minimum absolute atomic E-state index is 0.0400. The monoisotopic (exact) mass is 381 g/mol. The van der Waals surface area contributed by atoms with E-state index in [0.717, 1.165) is 55.7 Å². The third-order valence-electron chi connectivity index (χ3n) is 4.65. The minimum atomic E-state index is -0.196. The zero-order valence-corrected chi connectivity index (χ0v) is 17.0. The average molecular weight is 382 g/mol. The van der Waals surface area contributed by atoms with Crippen LogP contribution in [0.15, 0.2) is 0 Å². The summed E-state index contributed by atoms with van der Waals surface area (Å²) in [5, 5.41) is 3.42. The van der Waals surface area contributed by atoms with Crippen molar-refractivity contribution in [1.29, 1.82) is 0 Å². The van der Waals surface area contributed by atoms with E-state index in [1.165, 1.54) is 11.3 Å². The molecule has 1 aromatic rings. The van der Waals surface area contributed by atoms with Crippen molar-refractivity contribution in [3.63, 3.8) is 0 Å². The summed E-state index contributed by atoms with van der Waals surface area (Å²) in [5.41, 5.74) is 0.925. The summed E-state index contributed by atoms with van der Waals surface area (Å²) in [6.45, 7) is 7.35. The molecule has 0 bridgehead atoms. The van der Waals surface area contributed by atoms with Crippen molar-refractivity contribution in [1.82, 2.24) is 9.88 Å². The molecule has 0 aliphatic carbocycles. The highest BCUT2D eigenvalue weighted by molar-refractivity contribution is 7.15. The number of nitrogens with zero attached hydrogens (tertiary/aromatic N) is 2. The Bertz CT molecular complexity index is 577. The van der Waals surface area contributed by atoms with Gasteiger partial charge in [0.1, 0.15) is 6.54 Å². The lowest BCUT2D eigenvalue weighted by Gasteiger charge is -2.25. The van der Waals surface area contributed by atoms with Gasteiger partial charge in [-0.3, -0.25) is 9.59 Å². The zero-order chi connectivity index (χ0) is 18.9. The molecule has 2 rings (SSSR count). The summed E-state index contributed by atoms with van der Waals surface area (Å²) < 4.78 is 5.66. The number of anilines is 1. The molecule has 0 unspecified atom stereocenters. The summed E-state index contributed by atoms with van der Waals surface area (Å²) >= 11 is 1.46. The molecule has 7 heteroatoms. The molecule has 1 aromatic heterocycles. The van der Waals surface area contributed by atoms with Crippen LogP contribution in [0.4, 0.5) is 5.13 Å². The number of hydrogen-bond acceptors (Lipinski definition) is 5. The number of rotatable bonds is 10. The molecule has 1 aliphatic heterocycles. The number of nitrogens with one attached hydrogen (secondary N) is 1. The highest BCUT2D eigenvalue weighted by Gasteiger charge is 2.24. The number of hydrogen-bond donors (Lipinski definition) is 1. The Morgan fingerprint density at radius 3 is 2.73 bits per heavy atom. The fraction of sp³-hybridized carbons (Fsp3) is 0.737. The van der Waals surface area contributed by atoms with Crippen LogP contribution in [0.5, 0.6) is 0 Å². The Labute approximate surface area is 160 Å². The van der Waals surface area contributed by atoms with E-state index >= 15 is 0 Å². The van der Waals surface area contributed by atoms with Crippen LogP contribution in [-0.4, -0.2) is 47.5 Å². The topological polar surface area (TPSA) is 71.5 Å². The van der Waals surface area contributed by atoms with Gasteiger partial charge in [-0.15, -0.1) is 11.3 Å². The van der Waals surface area contributed by atoms with Crippen LogP contribution >= 0.6 is 11.3 Å². The molecule has 1 saturated heterocycles. The van der Waals surface area contributed by atoms with E-state index in [1.54, 1.807) is 4.90 Å². The molecule has 26 heavy (non-hydrogen) atoms. The van der Waals surface area contributed by atoms with Crippen LogP contribution < -0.4 is 5.32 Å². The second-order valence-corrected chi connectivity index (χ2v) is 8.13. The molecule has 146 valence electrons. The quantitative estimate of drug-likeness (QED) is 0.628. The standard InChI is InChI=1S/C19H31N3O3S/c1-4-5-6-7-10-18(24)22(12-16-9-8-11-25-16)13-17(23)21-19-20-14(2)15(3)26-19/h16H,4-13H2,1-3H3,(H,20,21,23)/t16-/m1/s1. The molecular formula is C19H31N3O3S. The van der Waals surface area contributed by atoms with E-state index in [2.05, 4.69) is 17.2 Å². The summed E-state index contributed by atoms with van der Waals surface area (Å²) in [4.78, 5) is 32.1. The van der Waals surface area contributed by atoms with E-state index in [4.69, 9.17) is 4.74 Å². The maximum Gasteiger partial charge on any atom is 0.245 e. The zero-order valence-electron chi connectivity index (χ0n) is 16.2. The first-order valence-electron chi connectivity index (χ1n) is 9.62. The Hall–Kier alpha value is -1.47. The van der Waals surface area contributed by atoms with Crippen LogP contribution in [0.1, 0.15) is 62.4 Å². The number of unbranched alkanes of at least 4 members (excludes halogenated alkanes) is 3. The van der Waals surface area contributed by atoms with Crippen LogP contribution in [0, 0.1) is 13.8 Å². The number of amides is 2. The van der Waals surface area contributed by atoms with Gasteiger partial charge in [-0.05, 0) is 33.1 Å². The second-order valence-electron chi connectivity index (χ2n) is 6.93. The van der Waals surface area contributed by atoms with Gasteiger partial charge in [0.2, 0.25) is 11.8 Å². The average Bonchev–Trinajstić information content (AvgIpc) is 3.21. The Morgan fingerprint density at radius 1 is 1.31 bits per heavy atom. The summed E-state index contributed by atoms with van der Waals surface area (Å²) in [6.07, 6.45) is 6.73. The van der Waals surface area contributed by atoms with Crippen LogP contribution in [0.3, 0.4) is 0 Å². The molecule has 1 aliphatic rings. The smallest absolute Gasteiger partial charge is 0.245 e. The van der Waals surface area contributed by atoms with Gasteiger partial charge in [-0.1, -0.05) is 26.2 Å². The van der Waals surface area contributed by atoms with Gasteiger partial charge in [-0.2, -0.15) is 0 Å². The number of thiazole rings is 1. The Balaban J connectivity index is 1.90. The molecule has 1 N–H and O–H groups in total. The van der Waals surface area contributed by atoms with E-state index in [1.807, 2.05) is 13.8 Å². The first kappa shape index (κ1) is 20.8. The summed E-state index contributed by atoms with van der Waals surface area (Å²) in [5.74, 6) is -0.156. The predicted octanol–water partition coefficient (Wildman–Crippen LogP) is 3.68. The number of carbonyl (C=O) groups excluding carboxylic acids is 2. The van der Waals surface area contributed by atoms with E-state index in [9.17, 15) is 9.59 Å². The van der Waals surface area contributed by atoms with Gasteiger partial charge in [0.05, 0.1) is 11.8 Å². The minimum Gasteiger partial charge on any atom is -0.376 e. The van der Waals surface area contributed by atoms with Gasteiger partial charge >= 0.3 is 0 Å². The lowest BCUT2D eigenvalue weighted by Crippen LogP contribution is -2.42. The third-order valence-corrected chi connectivity index (χ3v) is 5.64. The predicted molar refractivity (Wildman–Crippen MR) is 105 cm³/mol. The van der Waals surface area contributed by atoms with Crippen molar-refractivity contribution < 1.29 is 14.3 Å². The van der Waals surface area contributed by atoms with E-state index in [-0.39, 0.29) is 24.5 Å². The molecular weight excluding hydrogens is 350 g/mol. The number of ether oxygens (including phenoxy) is 1. The molecule has 0 radical (unpaired) electrons. The molecule has 1 atom stereocenters. The van der Waals surface area contributed by atoms with Gasteiger partial charge in [-0.25, -0.2) is 4.98 Å². The molecule has 0 saturated carbocycles. The molecule has 6 nitrogen and oxygen atoms in total. The summed E-state index contributed by atoms with van der Waals surface area (Å²) in [7, 11) is 0. The van der Waals surface area contributed by atoms with Crippen LogP contribution in [0.25, 0.3) is 0 Å². The number of aryl methyl sites for hydroxylation is 2. The van der Waals surface area contributed by atoms with Crippen molar-refractivity contribution in [3.05, 3.63) is 10.6 Å². The van der Waals surface area contributed by atoms with Gasteiger partial charge in [0, 0.05) is 24.4 Å². The third kappa shape index (κ3) is 6.68.